The number of hydrogen-bond donors (Lipinski definition) is 3. The van der Waals surface area contributed by atoms with E-state index in [9.17, 15) is 9.59 Å². The van der Waals surface area contributed by atoms with Crippen LogP contribution in [0, 0.1) is 0 Å². The predicted octanol–water partition coefficient (Wildman–Crippen LogP) is 1.04. The first kappa shape index (κ1) is 15.2. The van der Waals surface area contributed by atoms with Crippen LogP contribution in [0.3, 0.4) is 0 Å². The van der Waals surface area contributed by atoms with Crippen LogP contribution in [0.15, 0.2) is 21.5 Å². The number of carbonyl (C=O) groups is 1. The summed E-state index contributed by atoms with van der Waals surface area (Å²) in [7, 11) is 0. The summed E-state index contributed by atoms with van der Waals surface area (Å²) in [5, 5.41) is 6.17. The lowest BCUT2D eigenvalue weighted by atomic mass is 10.1. The van der Waals surface area contributed by atoms with Crippen LogP contribution in [-0.2, 0) is 0 Å². The van der Waals surface area contributed by atoms with Crippen molar-refractivity contribution in [3.8, 4) is 0 Å². The molecule has 18 heavy (non-hydrogen) atoms. The van der Waals surface area contributed by atoms with E-state index in [0.717, 1.165) is 25.9 Å². The Morgan fingerprint density at radius 2 is 2.28 bits per heavy atom. The summed E-state index contributed by atoms with van der Waals surface area (Å²) in [4.78, 5) is 25.5. The molecule has 1 amide bonds. The zero-order valence-corrected chi connectivity index (χ0v) is 12.1. The lowest BCUT2D eigenvalue weighted by Gasteiger charge is -2.23. The Morgan fingerprint density at radius 1 is 1.50 bits per heavy atom. The summed E-state index contributed by atoms with van der Waals surface area (Å²) < 4.78 is 0.368. The third-order valence-electron chi connectivity index (χ3n) is 2.75. The Balaban J connectivity index is 0.00000162. The molecule has 1 aromatic heterocycles. The van der Waals surface area contributed by atoms with Crippen molar-refractivity contribution in [2.45, 2.75) is 18.9 Å². The molecule has 0 aromatic carbocycles. The van der Waals surface area contributed by atoms with Crippen LogP contribution < -0.4 is 16.2 Å². The molecular formula is C11H15BrClN3O2. The second-order valence-electron chi connectivity index (χ2n) is 4.08. The number of hydrogen-bond acceptors (Lipinski definition) is 3. The van der Waals surface area contributed by atoms with Gasteiger partial charge in [-0.2, -0.15) is 0 Å². The van der Waals surface area contributed by atoms with Crippen molar-refractivity contribution in [1.29, 1.82) is 0 Å². The van der Waals surface area contributed by atoms with Crippen LogP contribution in [0.25, 0.3) is 0 Å². The van der Waals surface area contributed by atoms with E-state index in [1.54, 1.807) is 0 Å². The third kappa shape index (κ3) is 3.83. The van der Waals surface area contributed by atoms with Gasteiger partial charge in [0.25, 0.3) is 11.5 Å². The minimum atomic E-state index is -0.235. The highest BCUT2D eigenvalue weighted by molar-refractivity contribution is 9.10. The monoisotopic (exact) mass is 335 g/mol. The van der Waals surface area contributed by atoms with Crippen LogP contribution in [0.4, 0.5) is 0 Å². The van der Waals surface area contributed by atoms with Gasteiger partial charge in [-0.05, 0) is 41.4 Å². The molecule has 3 N–H and O–H groups in total. The van der Waals surface area contributed by atoms with Crippen LogP contribution >= 0.6 is 28.3 Å². The molecule has 0 unspecified atom stereocenters. The van der Waals surface area contributed by atoms with Gasteiger partial charge in [0.2, 0.25) is 0 Å². The predicted molar refractivity (Wildman–Crippen MR) is 75.4 cm³/mol. The maximum atomic E-state index is 11.9. The highest BCUT2D eigenvalue weighted by Crippen LogP contribution is 2.07. The van der Waals surface area contributed by atoms with E-state index in [4.69, 9.17) is 0 Å². The molecule has 0 bridgehead atoms. The van der Waals surface area contributed by atoms with Crippen LogP contribution in [0.5, 0.6) is 0 Å². The summed E-state index contributed by atoms with van der Waals surface area (Å²) in [5.41, 5.74) is 0.225. The van der Waals surface area contributed by atoms with Gasteiger partial charge in [0.05, 0.1) is 10.0 Å². The van der Waals surface area contributed by atoms with Crippen LogP contribution in [0.2, 0.25) is 0 Å². The van der Waals surface area contributed by atoms with Crippen LogP contribution in [0.1, 0.15) is 23.2 Å². The average Bonchev–Trinajstić information content (AvgIpc) is 2.34. The highest BCUT2D eigenvalue weighted by atomic mass is 79.9. The highest BCUT2D eigenvalue weighted by Gasteiger charge is 2.16. The number of carbonyl (C=O) groups excluding carboxylic acids is 1. The summed E-state index contributed by atoms with van der Waals surface area (Å²) in [6, 6.07) is 1.70. The van der Waals surface area contributed by atoms with E-state index in [1.807, 2.05) is 0 Å². The van der Waals surface area contributed by atoms with E-state index in [2.05, 4.69) is 31.5 Å². The Kier molecular flexibility index (Phi) is 5.84. The molecule has 0 radical (unpaired) electrons. The topological polar surface area (TPSA) is 74.0 Å². The molecule has 2 rings (SSSR count). The number of pyridine rings is 1. The standard InChI is InChI=1S/C11H14BrN3O2.ClH/c12-9-4-7(5-14-11(9)17)10(16)15-8-2-1-3-13-6-8;/h4-5,8,13H,1-3,6H2,(H,14,17)(H,15,16);1H/t8-;/m0./s1. The van der Waals surface area contributed by atoms with Crippen molar-refractivity contribution in [1.82, 2.24) is 15.6 Å². The average molecular weight is 337 g/mol. The third-order valence-corrected chi connectivity index (χ3v) is 3.34. The number of H-pyrrole nitrogens is 1. The van der Waals surface area contributed by atoms with Gasteiger partial charge in [-0.1, -0.05) is 0 Å². The number of nitrogens with one attached hydrogen (secondary N) is 3. The Bertz CT molecular complexity index is 472. The number of amides is 1. The Morgan fingerprint density at radius 3 is 2.89 bits per heavy atom. The van der Waals surface area contributed by atoms with Crippen molar-refractivity contribution >= 4 is 34.2 Å². The van der Waals surface area contributed by atoms with E-state index in [1.165, 1.54) is 12.3 Å². The lowest BCUT2D eigenvalue weighted by Crippen LogP contribution is -2.45. The number of rotatable bonds is 2. The maximum absolute atomic E-state index is 11.9. The second-order valence-corrected chi connectivity index (χ2v) is 4.94. The van der Waals surface area contributed by atoms with Gasteiger partial charge in [0.15, 0.2) is 0 Å². The van der Waals surface area contributed by atoms with Gasteiger partial charge in [-0.3, -0.25) is 9.59 Å². The van der Waals surface area contributed by atoms with Gasteiger partial charge < -0.3 is 15.6 Å². The SMILES string of the molecule is Cl.O=C(N[C@H]1CCCNC1)c1c[nH]c(=O)c(Br)c1. The summed E-state index contributed by atoms with van der Waals surface area (Å²) >= 11 is 3.10. The normalized spacial score (nSPS) is 18.8. The molecule has 1 saturated heterocycles. The number of aromatic nitrogens is 1. The molecule has 1 aromatic rings. The molecular weight excluding hydrogens is 321 g/mol. The molecule has 1 atom stereocenters. The van der Waals surface area contributed by atoms with Gasteiger partial charge in [-0.15, -0.1) is 12.4 Å². The fraction of sp³-hybridized carbons (Fsp3) is 0.455. The first-order valence-electron chi connectivity index (χ1n) is 5.56. The summed E-state index contributed by atoms with van der Waals surface area (Å²) in [5.74, 6) is -0.157. The van der Waals surface area contributed by atoms with E-state index < -0.39 is 0 Å². The molecule has 2 heterocycles. The molecule has 0 spiro atoms. The molecule has 1 aliphatic rings. The number of piperidine rings is 1. The zero-order chi connectivity index (χ0) is 12.3. The van der Waals surface area contributed by atoms with Crippen molar-refractivity contribution in [3.63, 3.8) is 0 Å². The fourth-order valence-electron chi connectivity index (χ4n) is 1.83. The van der Waals surface area contributed by atoms with Crippen LogP contribution in [-0.4, -0.2) is 30.0 Å². The van der Waals surface area contributed by atoms with Crippen molar-refractivity contribution in [2.24, 2.45) is 0 Å². The summed E-state index contributed by atoms with van der Waals surface area (Å²) in [6.45, 7) is 1.81. The molecule has 7 heteroatoms. The minimum Gasteiger partial charge on any atom is -0.348 e. The van der Waals surface area contributed by atoms with Gasteiger partial charge in [0, 0.05) is 18.8 Å². The first-order valence-corrected chi connectivity index (χ1v) is 6.36. The Hall–Kier alpha value is -0.850. The van der Waals surface area contributed by atoms with E-state index >= 15 is 0 Å². The molecule has 5 nitrogen and oxygen atoms in total. The molecule has 0 aliphatic carbocycles. The molecule has 100 valence electrons. The second kappa shape index (κ2) is 6.92. The Labute approximate surface area is 119 Å². The lowest BCUT2D eigenvalue weighted by molar-refractivity contribution is 0.0930. The molecule has 1 aliphatic heterocycles. The van der Waals surface area contributed by atoms with E-state index in [-0.39, 0.29) is 29.9 Å². The zero-order valence-electron chi connectivity index (χ0n) is 9.66. The molecule has 0 saturated carbocycles. The molecule has 1 fully saturated rings. The number of halogens is 2. The quantitative estimate of drug-likeness (QED) is 0.755. The van der Waals surface area contributed by atoms with Crippen molar-refractivity contribution in [2.75, 3.05) is 13.1 Å². The van der Waals surface area contributed by atoms with E-state index in [0.29, 0.717) is 10.0 Å². The fourth-order valence-corrected chi connectivity index (χ4v) is 2.19. The smallest absolute Gasteiger partial charge is 0.262 e. The minimum absolute atomic E-state index is 0. The number of aromatic amines is 1. The van der Waals surface area contributed by atoms with Crippen molar-refractivity contribution < 1.29 is 4.79 Å². The van der Waals surface area contributed by atoms with Crippen molar-refractivity contribution in [3.05, 3.63) is 32.7 Å². The summed E-state index contributed by atoms with van der Waals surface area (Å²) in [6.07, 6.45) is 3.49. The maximum Gasteiger partial charge on any atom is 0.262 e. The van der Waals surface area contributed by atoms with Gasteiger partial charge >= 0.3 is 0 Å². The first-order chi connectivity index (χ1) is 8.16. The van der Waals surface area contributed by atoms with Gasteiger partial charge in [0.1, 0.15) is 0 Å². The van der Waals surface area contributed by atoms with Gasteiger partial charge in [-0.25, -0.2) is 0 Å². The largest absolute Gasteiger partial charge is 0.348 e.